The van der Waals surface area contributed by atoms with E-state index in [0.717, 1.165) is 18.4 Å². The van der Waals surface area contributed by atoms with Crippen molar-refractivity contribution in [3.8, 4) is 0 Å². The van der Waals surface area contributed by atoms with Gasteiger partial charge in [0.1, 0.15) is 10.1 Å². The quantitative estimate of drug-likeness (QED) is 0.0466. The molecule has 0 heterocycles. The summed E-state index contributed by atoms with van der Waals surface area (Å²) in [4.78, 5) is -0.133. The molecule has 0 saturated carbocycles. The molecule has 0 N–H and O–H groups in total. The Kier molecular flexibility index (Phi) is 32.3. The van der Waals surface area contributed by atoms with E-state index in [1.807, 2.05) is 0 Å². The van der Waals surface area contributed by atoms with Gasteiger partial charge in [-0.2, -0.15) is 0 Å². The molecule has 1 aromatic carbocycles. The fraction of sp³-hybridized carbons (Fsp3) is 0.838. The van der Waals surface area contributed by atoms with E-state index < -0.39 is 10.1 Å². The maximum atomic E-state index is 11.0. The molecule has 1 rings (SSSR count). The number of hydrogen-bond acceptors (Lipinski definition) is 3. The normalized spacial score (nSPS) is 11.6. The van der Waals surface area contributed by atoms with Gasteiger partial charge in [0.05, 0.1) is 4.90 Å². The Morgan fingerprint density at radius 2 is 0.667 bits per heavy atom. The summed E-state index contributed by atoms with van der Waals surface area (Å²) >= 11 is 0. The summed E-state index contributed by atoms with van der Waals surface area (Å²) in [5, 5.41) is 0. The van der Waals surface area contributed by atoms with Crippen LogP contribution in [0, 0.1) is 0 Å². The van der Waals surface area contributed by atoms with E-state index >= 15 is 0 Å². The third-order valence-electron chi connectivity index (χ3n) is 8.78. The molecule has 0 unspecified atom stereocenters. The molecule has 42 heavy (non-hydrogen) atoms. The summed E-state index contributed by atoms with van der Waals surface area (Å²) in [5.41, 5.74) is 1.11. The zero-order valence-electron chi connectivity index (χ0n) is 28.2. The monoisotopic (exact) mass is 630 g/mol. The Bertz CT molecular complexity index is 779. The third kappa shape index (κ3) is 28.3. The van der Waals surface area contributed by atoms with Crippen molar-refractivity contribution in [1.82, 2.24) is 0 Å². The molecule has 240 valence electrons. The number of hydrogen-bond donors (Lipinski definition) is 0. The second kappa shape index (κ2) is 31.7. The van der Waals surface area contributed by atoms with Gasteiger partial charge in [-0.05, 0) is 30.5 Å². The molecular weight excluding hydrogens is 564 g/mol. The average Bonchev–Trinajstić information content (AvgIpc) is 2.96. The predicted molar refractivity (Wildman–Crippen MR) is 178 cm³/mol. The zero-order chi connectivity index (χ0) is 29.7. The van der Waals surface area contributed by atoms with Gasteiger partial charge in [0, 0.05) is 0 Å². The molecule has 1 aromatic rings. The first kappa shape index (κ1) is 42.8. The van der Waals surface area contributed by atoms with Crippen LogP contribution in [0.15, 0.2) is 29.2 Å². The Morgan fingerprint density at radius 3 is 0.905 bits per heavy atom. The van der Waals surface area contributed by atoms with Gasteiger partial charge in [-0.25, -0.2) is 8.42 Å². The van der Waals surface area contributed by atoms with Crippen molar-refractivity contribution < 1.29 is 64.4 Å². The zero-order valence-corrected chi connectivity index (χ0v) is 32.1. The first-order valence-corrected chi connectivity index (χ1v) is 19.5. The molecule has 0 radical (unpaired) electrons. The van der Waals surface area contributed by atoms with Crippen molar-refractivity contribution in [3.05, 3.63) is 29.8 Å². The minimum atomic E-state index is -4.33. The van der Waals surface area contributed by atoms with E-state index in [1.165, 1.54) is 192 Å². The van der Waals surface area contributed by atoms with Crippen molar-refractivity contribution in [1.29, 1.82) is 0 Å². The summed E-state index contributed by atoms with van der Waals surface area (Å²) in [6.45, 7) is 2.30. The van der Waals surface area contributed by atoms with Gasteiger partial charge in [-0.1, -0.05) is 199 Å². The fourth-order valence-corrected chi connectivity index (χ4v) is 6.47. The SMILES string of the molecule is CCCCCCCCCCCCCCCCCCCCCCCCCCCCCCCc1ccc(S(=O)(=O)[O-])cc1.[K+]. The number of aryl methyl sites for hydroxylation is 1. The molecular formula is C37H67KO3S. The first-order chi connectivity index (χ1) is 20.0. The topological polar surface area (TPSA) is 57.2 Å². The summed E-state index contributed by atoms with van der Waals surface area (Å²) in [6, 6.07) is 6.40. The number of unbranched alkanes of at least 4 members (excludes halogenated alkanes) is 28. The third-order valence-corrected chi connectivity index (χ3v) is 9.63. The van der Waals surface area contributed by atoms with E-state index in [2.05, 4.69) is 6.92 Å². The average molecular weight is 631 g/mol. The second-order valence-corrected chi connectivity index (χ2v) is 14.1. The maximum Gasteiger partial charge on any atom is 1.00 e. The van der Waals surface area contributed by atoms with Gasteiger partial charge in [0.15, 0.2) is 0 Å². The van der Waals surface area contributed by atoms with Crippen molar-refractivity contribution in [3.63, 3.8) is 0 Å². The van der Waals surface area contributed by atoms with E-state index in [0.29, 0.717) is 0 Å². The van der Waals surface area contributed by atoms with Gasteiger partial charge in [0.25, 0.3) is 0 Å². The van der Waals surface area contributed by atoms with Crippen LogP contribution in [0.2, 0.25) is 0 Å². The Hall–Kier alpha value is 0.766. The van der Waals surface area contributed by atoms with Crippen LogP contribution < -0.4 is 51.4 Å². The van der Waals surface area contributed by atoms with Crippen LogP contribution in [-0.2, 0) is 16.5 Å². The van der Waals surface area contributed by atoms with Gasteiger partial charge >= 0.3 is 51.4 Å². The van der Waals surface area contributed by atoms with Crippen LogP contribution in [0.4, 0.5) is 0 Å². The van der Waals surface area contributed by atoms with Gasteiger partial charge in [0.2, 0.25) is 0 Å². The minimum absolute atomic E-state index is 0. The van der Waals surface area contributed by atoms with Gasteiger partial charge < -0.3 is 4.55 Å². The van der Waals surface area contributed by atoms with Crippen LogP contribution in [0.25, 0.3) is 0 Å². The van der Waals surface area contributed by atoms with Crippen molar-refractivity contribution in [2.45, 2.75) is 204 Å². The molecule has 5 heteroatoms. The molecule has 3 nitrogen and oxygen atoms in total. The largest absolute Gasteiger partial charge is 1.00 e. The fourth-order valence-electron chi connectivity index (χ4n) is 6.00. The van der Waals surface area contributed by atoms with Crippen LogP contribution >= 0.6 is 0 Å². The van der Waals surface area contributed by atoms with E-state index in [-0.39, 0.29) is 56.3 Å². The van der Waals surface area contributed by atoms with Crippen LogP contribution in [-0.4, -0.2) is 13.0 Å². The molecule has 0 bridgehead atoms. The smallest absolute Gasteiger partial charge is 0.744 e. The van der Waals surface area contributed by atoms with Crippen LogP contribution in [0.5, 0.6) is 0 Å². The van der Waals surface area contributed by atoms with Crippen molar-refractivity contribution in [2.24, 2.45) is 0 Å². The Morgan fingerprint density at radius 1 is 0.429 bits per heavy atom. The molecule has 0 spiro atoms. The minimum Gasteiger partial charge on any atom is -0.744 e. The van der Waals surface area contributed by atoms with Crippen molar-refractivity contribution >= 4 is 10.1 Å². The summed E-state index contributed by atoms with van der Waals surface area (Å²) in [7, 11) is -4.33. The molecule has 0 saturated heterocycles. The number of benzene rings is 1. The molecule has 0 aliphatic carbocycles. The predicted octanol–water partition coefficient (Wildman–Crippen LogP) is 9.47. The maximum absolute atomic E-state index is 11.0. The van der Waals surface area contributed by atoms with Crippen LogP contribution in [0.3, 0.4) is 0 Å². The molecule has 0 amide bonds. The first-order valence-electron chi connectivity index (χ1n) is 18.1. The molecule has 0 aliphatic heterocycles. The molecule has 0 fully saturated rings. The summed E-state index contributed by atoms with van der Waals surface area (Å²) in [6.07, 6.45) is 41.9. The van der Waals surface area contributed by atoms with Gasteiger partial charge in [-0.3, -0.25) is 0 Å². The van der Waals surface area contributed by atoms with E-state index in [4.69, 9.17) is 0 Å². The summed E-state index contributed by atoms with van der Waals surface area (Å²) in [5.74, 6) is 0. The molecule has 0 atom stereocenters. The summed E-state index contributed by atoms with van der Waals surface area (Å²) < 4.78 is 33.0. The molecule has 0 aromatic heterocycles. The Labute approximate surface area is 305 Å². The van der Waals surface area contributed by atoms with E-state index in [1.54, 1.807) is 12.1 Å². The molecule has 0 aliphatic rings. The standard InChI is InChI=1S/C37H68O3S.K/c1-2-3-4-5-6-7-8-9-10-11-12-13-14-15-16-17-18-19-20-21-22-23-24-25-26-27-28-29-30-31-36-32-34-37(35-33-36)41(38,39)40;/h32-35H,2-31H2,1H3,(H,38,39,40);/q;+1/p-1. The van der Waals surface area contributed by atoms with Gasteiger partial charge in [-0.15, -0.1) is 0 Å². The van der Waals surface area contributed by atoms with Crippen molar-refractivity contribution in [2.75, 3.05) is 0 Å². The Balaban J connectivity index is 0.0000168. The number of rotatable bonds is 31. The van der Waals surface area contributed by atoms with E-state index in [9.17, 15) is 13.0 Å². The van der Waals surface area contributed by atoms with Crippen LogP contribution in [0.1, 0.15) is 199 Å². The second-order valence-electron chi connectivity index (χ2n) is 12.7.